The molecule has 0 aliphatic rings. The maximum Gasteiger partial charge on any atom is 0.247 e. The number of benzene rings is 1. The van der Waals surface area contributed by atoms with Crippen LogP contribution in [0.1, 0.15) is 0 Å². The lowest BCUT2D eigenvalue weighted by atomic mass is 10.2. The van der Waals surface area contributed by atoms with Crippen molar-refractivity contribution in [3.8, 4) is 17.1 Å². The number of hydrogen-bond donors (Lipinski definition) is 2. The van der Waals surface area contributed by atoms with Gasteiger partial charge in [-0.2, -0.15) is 10.1 Å². The Morgan fingerprint density at radius 1 is 1.19 bits per heavy atom. The Hall–Kier alpha value is -4.58. The van der Waals surface area contributed by atoms with Crippen LogP contribution in [-0.2, 0) is 4.79 Å². The van der Waals surface area contributed by atoms with Crippen LogP contribution in [0, 0.1) is 0 Å². The van der Waals surface area contributed by atoms with Crippen molar-refractivity contribution < 1.29 is 9.53 Å². The van der Waals surface area contributed by atoms with E-state index in [4.69, 9.17) is 4.74 Å². The predicted octanol–water partition coefficient (Wildman–Crippen LogP) is 2.46. The standard InChI is InChI=1S/C24H28N10O2/c1-6-22(35)29-17-11-18(21(36-5)12-20(17)33(4)10-9-32(2)3)30-24-27-14-26-23(31-24)16-13-28-34-15-25-8-7-19(16)34/h6-8,11-15H,1,9-10H2,2-5H3,(H,29,35)(H,26,27,30,31). The molecule has 0 spiro atoms. The second kappa shape index (κ2) is 10.8. The van der Waals surface area contributed by atoms with Crippen LogP contribution in [0.2, 0.25) is 0 Å². The van der Waals surface area contributed by atoms with Crippen molar-refractivity contribution in [2.45, 2.75) is 0 Å². The highest BCUT2D eigenvalue weighted by Crippen LogP contribution is 2.38. The molecule has 12 nitrogen and oxygen atoms in total. The Balaban J connectivity index is 1.69. The van der Waals surface area contributed by atoms with E-state index in [0.29, 0.717) is 28.9 Å². The quantitative estimate of drug-likeness (QED) is 0.322. The lowest BCUT2D eigenvalue weighted by molar-refractivity contribution is -0.111. The molecule has 0 aliphatic heterocycles. The Morgan fingerprint density at radius 2 is 2.03 bits per heavy atom. The molecule has 0 atom stereocenters. The fourth-order valence-corrected chi connectivity index (χ4v) is 3.53. The summed E-state index contributed by atoms with van der Waals surface area (Å²) in [4.78, 5) is 33.5. The SMILES string of the molecule is C=CC(=O)Nc1cc(Nc2ncnc(-c3cnn4cnccc34)n2)c(OC)cc1N(C)CCN(C)C. The second-order valence-corrected chi connectivity index (χ2v) is 8.21. The first-order chi connectivity index (χ1) is 17.4. The van der Waals surface area contributed by atoms with Crippen molar-refractivity contribution in [3.05, 3.63) is 55.9 Å². The smallest absolute Gasteiger partial charge is 0.247 e. The Kier molecular flexibility index (Phi) is 7.35. The van der Waals surface area contributed by atoms with Gasteiger partial charge >= 0.3 is 0 Å². The molecule has 3 aromatic heterocycles. The van der Waals surface area contributed by atoms with Crippen LogP contribution < -0.4 is 20.3 Å². The molecule has 0 radical (unpaired) electrons. The Morgan fingerprint density at radius 3 is 2.78 bits per heavy atom. The van der Waals surface area contributed by atoms with Gasteiger partial charge in [-0.1, -0.05) is 6.58 Å². The van der Waals surface area contributed by atoms with Gasteiger partial charge in [-0.15, -0.1) is 0 Å². The van der Waals surface area contributed by atoms with Crippen molar-refractivity contribution in [3.63, 3.8) is 0 Å². The average molecular weight is 489 g/mol. The molecule has 4 rings (SSSR count). The largest absolute Gasteiger partial charge is 0.494 e. The molecule has 0 bridgehead atoms. The number of anilines is 4. The average Bonchev–Trinajstić information content (AvgIpc) is 3.32. The number of likely N-dealkylation sites (N-methyl/N-ethyl adjacent to an activating group) is 2. The molecule has 2 N–H and O–H groups in total. The summed E-state index contributed by atoms with van der Waals surface area (Å²) in [5.74, 6) is 0.995. The number of nitrogens with one attached hydrogen (secondary N) is 2. The first kappa shape index (κ1) is 24.5. The van der Waals surface area contributed by atoms with Gasteiger partial charge in [-0.05, 0) is 32.3 Å². The monoisotopic (exact) mass is 488 g/mol. The number of ether oxygens (including phenoxy) is 1. The molecule has 1 aromatic carbocycles. The maximum absolute atomic E-state index is 12.2. The van der Waals surface area contributed by atoms with Gasteiger partial charge in [-0.3, -0.25) is 4.79 Å². The highest BCUT2D eigenvalue weighted by Gasteiger charge is 2.17. The number of carbonyl (C=O) groups is 1. The van der Waals surface area contributed by atoms with Gasteiger partial charge in [0.25, 0.3) is 0 Å². The van der Waals surface area contributed by atoms with Crippen LogP contribution in [0.5, 0.6) is 5.75 Å². The normalized spacial score (nSPS) is 10.9. The molecule has 0 fully saturated rings. The van der Waals surface area contributed by atoms with E-state index in [1.165, 1.54) is 12.4 Å². The Labute approximate surface area is 208 Å². The van der Waals surface area contributed by atoms with E-state index in [1.54, 1.807) is 36.4 Å². The number of aromatic nitrogens is 6. The number of hydrogen-bond acceptors (Lipinski definition) is 10. The summed E-state index contributed by atoms with van der Waals surface area (Å²) in [5, 5.41) is 10.4. The number of fused-ring (bicyclic) bond motifs is 1. The topological polar surface area (TPSA) is 126 Å². The van der Waals surface area contributed by atoms with Crippen LogP contribution in [0.3, 0.4) is 0 Å². The third kappa shape index (κ3) is 5.39. The second-order valence-electron chi connectivity index (χ2n) is 8.21. The molecule has 0 aliphatic carbocycles. The molecule has 1 amide bonds. The van der Waals surface area contributed by atoms with Crippen LogP contribution in [0.25, 0.3) is 16.9 Å². The summed E-state index contributed by atoms with van der Waals surface area (Å²) in [7, 11) is 7.56. The fraction of sp³-hybridized carbons (Fsp3) is 0.250. The molecule has 186 valence electrons. The van der Waals surface area contributed by atoms with E-state index in [9.17, 15) is 4.79 Å². The molecule has 0 unspecified atom stereocenters. The van der Waals surface area contributed by atoms with Gasteiger partial charge in [0.2, 0.25) is 11.9 Å². The van der Waals surface area contributed by atoms with Crippen molar-refractivity contribution in [1.29, 1.82) is 0 Å². The summed E-state index contributed by atoms with van der Waals surface area (Å²) >= 11 is 0. The summed E-state index contributed by atoms with van der Waals surface area (Å²) in [6, 6.07) is 5.48. The van der Waals surface area contributed by atoms with Crippen molar-refractivity contribution in [2.75, 3.05) is 56.9 Å². The first-order valence-electron chi connectivity index (χ1n) is 11.1. The fourth-order valence-electron chi connectivity index (χ4n) is 3.53. The first-order valence-corrected chi connectivity index (χ1v) is 11.1. The third-order valence-corrected chi connectivity index (χ3v) is 5.44. The lowest BCUT2D eigenvalue weighted by Gasteiger charge is -2.25. The van der Waals surface area contributed by atoms with Gasteiger partial charge in [-0.25, -0.2) is 19.5 Å². The number of amides is 1. The summed E-state index contributed by atoms with van der Waals surface area (Å²) in [6.45, 7) is 5.14. The zero-order valence-electron chi connectivity index (χ0n) is 20.6. The maximum atomic E-state index is 12.2. The number of nitrogens with zero attached hydrogens (tertiary/aromatic N) is 8. The van der Waals surface area contributed by atoms with Gasteiger partial charge in [0.15, 0.2) is 5.82 Å². The van der Waals surface area contributed by atoms with E-state index < -0.39 is 0 Å². The zero-order chi connectivity index (χ0) is 25.7. The highest BCUT2D eigenvalue weighted by molar-refractivity contribution is 6.02. The molecular formula is C24H28N10O2. The van der Waals surface area contributed by atoms with Crippen molar-refractivity contribution in [2.24, 2.45) is 0 Å². The van der Waals surface area contributed by atoms with Crippen molar-refractivity contribution in [1.82, 2.24) is 34.4 Å². The van der Waals surface area contributed by atoms with Crippen LogP contribution in [0.4, 0.5) is 23.0 Å². The van der Waals surface area contributed by atoms with E-state index in [-0.39, 0.29) is 5.91 Å². The minimum Gasteiger partial charge on any atom is -0.494 e. The van der Waals surface area contributed by atoms with Crippen LogP contribution >= 0.6 is 0 Å². The van der Waals surface area contributed by atoms with Gasteiger partial charge in [0.1, 0.15) is 18.4 Å². The predicted molar refractivity (Wildman–Crippen MR) is 139 cm³/mol. The number of methoxy groups -OCH3 is 1. The summed E-state index contributed by atoms with van der Waals surface area (Å²) in [6.07, 6.45) is 7.62. The molecule has 0 saturated heterocycles. The molecule has 0 saturated carbocycles. The van der Waals surface area contributed by atoms with E-state index in [1.807, 2.05) is 38.2 Å². The Bertz CT molecular complexity index is 1380. The van der Waals surface area contributed by atoms with E-state index in [0.717, 1.165) is 29.9 Å². The number of rotatable bonds is 10. The molecule has 3 heterocycles. The van der Waals surface area contributed by atoms with Gasteiger partial charge < -0.3 is 25.2 Å². The highest BCUT2D eigenvalue weighted by atomic mass is 16.5. The van der Waals surface area contributed by atoms with Crippen LogP contribution in [0.15, 0.2) is 55.9 Å². The van der Waals surface area contributed by atoms with E-state index >= 15 is 0 Å². The molecule has 12 heteroatoms. The van der Waals surface area contributed by atoms with E-state index in [2.05, 4.69) is 47.1 Å². The summed E-state index contributed by atoms with van der Waals surface area (Å²) < 4.78 is 7.30. The third-order valence-electron chi connectivity index (χ3n) is 5.44. The molecular weight excluding hydrogens is 460 g/mol. The lowest BCUT2D eigenvalue weighted by Crippen LogP contribution is -2.29. The van der Waals surface area contributed by atoms with Gasteiger partial charge in [0, 0.05) is 32.4 Å². The summed E-state index contributed by atoms with van der Waals surface area (Å²) in [5.41, 5.74) is 3.52. The molecule has 36 heavy (non-hydrogen) atoms. The zero-order valence-corrected chi connectivity index (χ0v) is 20.6. The number of carbonyl (C=O) groups excluding carboxylic acids is 1. The molecule has 4 aromatic rings. The minimum absolute atomic E-state index is 0.307. The van der Waals surface area contributed by atoms with Gasteiger partial charge in [0.05, 0.1) is 41.4 Å². The van der Waals surface area contributed by atoms with Crippen molar-refractivity contribution >= 4 is 34.4 Å². The van der Waals surface area contributed by atoms with Crippen LogP contribution in [-0.4, -0.2) is 81.7 Å². The minimum atomic E-state index is -0.321.